The molecular weight excluding hydrogens is 272 g/mol. The van der Waals surface area contributed by atoms with Crippen molar-refractivity contribution in [2.24, 2.45) is 0 Å². The second-order valence-corrected chi connectivity index (χ2v) is 3.85. The molecule has 0 aliphatic rings. The highest BCUT2D eigenvalue weighted by atomic mass is 16.5. The highest BCUT2D eigenvalue weighted by Crippen LogP contribution is 2.00. The maximum absolute atomic E-state index is 11.6. The van der Waals surface area contributed by atoms with E-state index in [0.717, 1.165) is 12.2 Å². The molecule has 21 heavy (non-hydrogen) atoms. The molecule has 1 aromatic rings. The Balaban J connectivity index is 2.33. The lowest BCUT2D eigenvalue weighted by Crippen LogP contribution is -2.05. The van der Waals surface area contributed by atoms with Crippen molar-refractivity contribution in [3.63, 3.8) is 0 Å². The minimum absolute atomic E-state index is 0.0211. The standard InChI is InChI=1S/C16H16O5/c1-2-20-15(18)11-10-14(17)9-6-12-21-16(19)13-7-4-3-5-8-13/h3-11H,2,12H2,1H3. The van der Waals surface area contributed by atoms with Gasteiger partial charge < -0.3 is 9.47 Å². The summed E-state index contributed by atoms with van der Waals surface area (Å²) in [5.74, 6) is -1.43. The first-order chi connectivity index (χ1) is 10.1. The predicted octanol–water partition coefficient (Wildman–Crippen LogP) is 2.09. The molecule has 0 atom stereocenters. The number of ether oxygens (including phenoxy) is 2. The molecule has 0 aliphatic carbocycles. The quantitative estimate of drug-likeness (QED) is 0.567. The number of carbonyl (C=O) groups is 3. The molecule has 5 heteroatoms. The van der Waals surface area contributed by atoms with Crippen LogP contribution in [0.2, 0.25) is 0 Å². The zero-order valence-electron chi connectivity index (χ0n) is 11.7. The van der Waals surface area contributed by atoms with Gasteiger partial charge in [0.25, 0.3) is 0 Å². The van der Waals surface area contributed by atoms with Gasteiger partial charge in [-0.15, -0.1) is 0 Å². The minimum Gasteiger partial charge on any atom is -0.463 e. The van der Waals surface area contributed by atoms with E-state index in [1.54, 1.807) is 37.3 Å². The van der Waals surface area contributed by atoms with Crippen molar-refractivity contribution >= 4 is 17.7 Å². The zero-order chi connectivity index (χ0) is 15.5. The van der Waals surface area contributed by atoms with E-state index in [2.05, 4.69) is 4.74 Å². The summed E-state index contributed by atoms with van der Waals surface area (Å²) in [6.45, 7) is 1.91. The molecule has 1 aromatic carbocycles. The Labute approximate surface area is 122 Å². The number of allylic oxidation sites excluding steroid dienone is 2. The van der Waals surface area contributed by atoms with Gasteiger partial charge in [0.05, 0.1) is 12.2 Å². The lowest BCUT2D eigenvalue weighted by molar-refractivity contribution is -0.137. The Morgan fingerprint density at radius 1 is 1.00 bits per heavy atom. The predicted molar refractivity (Wildman–Crippen MR) is 76.6 cm³/mol. The van der Waals surface area contributed by atoms with Gasteiger partial charge in [-0.05, 0) is 37.3 Å². The summed E-state index contributed by atoms with van der Waals surface area (Å²) in [5.41, 5.74) is 0.444. The van der Waals surface area contributed by atoms with E-state index in [0.29, 0.717) is 5.56 Å². The second-order valence-electron chi connectivity index (χ2n) is 3.85. The molecule has 0 saturated heterocycles. The monoisotopic (exact) mass is 288 g/mol. The lowest BCUT2D eigenvalue weighted by atomic mass is 10.2. The Bertz CT molecular complexity index is 543. The summed E-state index contributed by atoms with van der Waals surface area (Å²) in [5, 5.41) is 0. The number of esters is 2. The van der Waals surface area contributed by atoms with Crippen molar-refractivity contribution in [2.75, 3.05) is 13.2 Å². The summed E-state index contributed by atoms with van der Waals surface area (Å²) in [6, 6.07) is 8.54. The third-order valence-corrected chi connectivity index (χ3v) is 2.27. The fourth-order valence-corrected chi connectivity index (χ4v) is 1.34. The third kappa shape index (κ3) is 6.87. The molecule has 0 saturated carbocycles. The first-order valence-electron chi connectivity index (χ1n) is 6.41. The Hall–Kier alpha value is -2.69. The maximum atomic E-state index is 11.6. The van der Waals surface area contributed by atoms with E-state index in [1.807, 2.05) is 0 Å². The van der Waals surface area contributed by atoms with Crippen LogP contribution in [0.25, 0.3) is 0 Å². The topological polar surface area (TPSA) is 69.7 Å². The van der Waals surface area contributed by atoms with Crippen molar-refractivity contribution in [2.45, 2.75) is 6.92 Å². The number of hydrogen-bond donors (Lipinski definition) is 0. The van der Waals surface area contributed by atoms with Crippen LogP contribution in [-0.4, -0.2) is 30.9 Å². The van der Waals surface area contributed by atoms with Crippen molar-refractivity contribution < 1.29 is 23.9 Å². The highest BCUT2D eigenvalue weighted by Gasteiger charge is 2.03. The van der Waals surface area contributed by atoms with Gasteiger partial charge in [-0.25, -0.2) is 9.59 Å². The van der Waals surface area contributed by atoms with Crippen LogP contribution in [0, 0.1) is 0 Å². The smallest absolute Gasteiger partial charge is 0.338 e. The molecule has 5 nitrogen and oxygen atoms in total. The molecule has 0 spiro atoms. The SMILES string of the molecule is CCOC(=O)C=CC(=O)C=CCOC(=O)c1ccccc1. The van der Waals surface area contributed by atoms with E-state index in [-0.39, 0.29) is 19.0 Å². The van der Waals surface area contributed by atoms with E-state index in [4.69, 9.17) is 4.74 Å². The van der Waals surface area contributed by atoms with Gasteiger partial charge in [0.15, 0.2) is 5.78 Å². The molecule has 1 rings (SSSR count). The average Bonchev–Trinajstić information content (AvgIpc) is 2.50. The van der Waals surface area contributed by atoms with Crippen LogP contribution in [0.1, 0.15) is 17.3 Å². The first kappa shape index (κ1) is 16.4. The van der Waals surface area contributed by atoms with Crippen LogP contribution in [0.15, 0.2) is 54.6 Å². The molecule has 0 unspecified atom stereocenters. The Kier molecular flexibility index (Phi) is 7.21. The van der Waals surface area contributed by atoms with Crippen LogP contribution in [0.5, 0.6) is 0 Å². The van der Waals surface area contributed by atoms with Crippen molar-refractivity contribution in [3.05, 3.63) is 60.2 Å². The van der Waals surface area contributed by atoms with Gasteiger partial charge in [0, 0.05) is 6.08 Å². The van der Waals surface area contributed by atoms with Gasteiger partial charge in [0.1, 0.15) is 6.61 Å². The number of rotatable bonds is 7. The number of benzene rings is 1. The summed E-state index contributed by atoms with van der Waals surface area (Å²) in [4.78, 5) is 33.9. The van der Waals surface area contributed by atoms with Gasteiger partial charge in [-0.1, -0.05) is 18.2 Å². The average molecular weight is 288 g/mol. The summed E-state index contributed by atoms with van der Waals surface area (Å²) < 4.78 is 9.58. The van der Waals surface area contributed by atoms with E-state index in [1.165, 1.54) is 12.2 Å². The molecule has 0 heterocycles. The van der Waals surface area contributed by atoms with Gasteiger partial charge in [-0.2, -0.15) is 0 Å². The molecule has 0 amide bonds. The number of hydrogen-bond acceptors (Lipinski definition) is 5. The largest absolute Gasteiger partial charge is 0.463 e. The highest BCUT2D eigenvalue weighted by molar-refractivity contribution is 6.02. The Morgan fingerprint density at radius 3 is 2.38 bits per heavy atom. The molecule has 0 bridgehead atoms. The van der Waals surface area contributed by atoms with Crippen LogP contribution in [-0.2, 0) is 19.1 Å². The number of carbonyl (C=O) groups excluding carboxylic acids is 3. The van der Waals surface area contributed by atoms with Crippen molar-refractivity contribution in [1.29, 1.82) is 0 Å². The minimum atomic E-state index is -0.574. The molecule has 0 N–H and O–H groups in total. The lowest BCUT2D eigenvalue weighted by Gasteiger charge is -2.00. The van der Waals surface area contributed by atoms with Crippen molar-refractivity contribution in [1.82, 2.24) is 0 Å². The van der Waals surface area contributed by atoms with E-state index >= 15 is 0 Å². The fourth-order valence-electron chi connectivity index (χ4n) is 1.34. The van der Waals surface area contributed by atoms with E-state index in [9.17, 15) is 14.4 Å². The van der Waals surface area contributed by atoms with Crippen LogP contribution >= 0.6 is 0 Å². The maximum Gasteiger partial charge on any atom is 0.338 e. The number of ketones is 1. The Morgan fingerprint density at radius 2 is 1.71 bits per heavy atom. The third-order valence-electron chi connectivity index (χ3n) is 2.27. The van der Waals surface area contributed by atoms with Crippen LogP contribution in [0.3, 0.4) is 0 Å². The molecule has 0 aromatic heterocycles. The molecule has 0 radical (unpaired) electrons. The van der Waals surface area contributed by atoms with Gasteiger partial charge >= 0.3 is 11.9 Å². The molecule has 0 fully saturated rings. The molecular formula is C16H16O5. The van der Waals surface area contributed by atoms with Gasteiger partial charge in [0.2, 0.25) is 0 Å². The fraction of sp³-hybridized carbons (Fsp3) is 0.188. The molecule has 0 aliphatic heterocycles. The first-order valence-corrected chi connectivity index (χ1v) is 6.41. The van der Waals surface area contributed by atoms with E-state index < -0.39 is 11.9 Å². The zero-order valence-corrected chi connectivity index (χ0v) is 11.7. The molecule has 110 valence electrons. The van der Waals surface area contributed by atoms with Crippen LogP contribution in [0.4, 0.5) is 0 Å². The van der Waals surface area contributed by atoms with Crippen molar-refractivity contribution in [3.8, 4) is 0 Å². The summed E-state index contributed by atoms with van der Waals surface area (Å²) >= 11 is 0. The summed E-state index contributed by atoms with van der Waals surface area (Å²) in [6.07, 6.45) is 4.76. The second kappa shape index (κ2) is 9.25. The summed E-state index contributed by atoms with van der Waals surface area (Å²) in [7, 11) is 0. The van der Waals surface area contributed by atoms with Crippen LogP contribution < -0.4 is 0 Å². The van der Waals surface area contributed by atoms with Gasteiger partial charge in [-0.3, -0.25) is 4.79 Å². The normalized spacial score (nSPS) is 10.7.